The van der Waals surface area contributed by atoms with Gasteiger partial charge >= 0.3 is 0 Å². The maximum absolute atomic E-state index is 5.43. The third-order valence-corrected chi connectivity index (χ3v) is 1.85. The van der Waals surface area contributed by atoms with Gasteiger partial charge in [-0.2, -0.15) is 9.78 Å². The van der Waals surface area contributed by atoms with E-state index in [4.69, 9.17) is 5.73 Å². The minimum absolute atomic E-state index is 0.392. The van der Waals surface area contributed by atoms with Crippen molar-refractivity contribution in [1.29, 1.82) is 0 Å². The van der Waals surface area contributed by atoms with E-state index in [0.29, 0.717) is 5.82 Å². The van der Waals surface area contributed by atoms with E-state index in [-0.39, 0.29) is 0 Å². The highest BCUT2D eigenvalue weighted by Gasteiger charge is 2.04. The molecule has 0 amide bonds. The van der Waals surface area contributed by atoms with Crippen LogP contribution in [0, 0.1) is 6.92 Å². The molecule has 2 N–H and O–H groups in total. The van der Waals surface area contributed by atoms with Crippen LogP contribution < -0.4 is 5.73 Å². The van der Waals surface area contributed by atoms with Gasteiger partial charge in [-0.05, 0) is 6.92 Å². The molecule has 2 aromatic heterocycles. The fourth-order valence-electron chi connectivity index (χ4n) is 1.04. The first kappa shape index (κ1) is 7.78. The van der Waals surface area contributed by atoms with Crippen LogP contribution in [-0.4, -0.2) is 24.8 Å². The van der Waals surface area contributed by atoms with Crippen LogP contribution in [0.2, 0.25) is 0 Å². The molecular formula is C7H10N6. The number of rotatable bonds is 1. The van der Waals surface area contributed by atoms with Gasteiger partial charge in [-0.15, -0.1) is 5.10 Å². The Morgan fingerprint density at radius 3 is 2.69 bits per heavy atom. The normalized spacial score (nSPS) is 10.6. The fourth-order valence-corrected chi connectivity index (χ4v) is 1.04. The van der Waals surface area contributed by atoms with Crippen LogP contribution >= 0.6 is 0 Å². The Balaban J connectivity index is 2.46. The molecule has 13 heavy (non-hydrogen) atoms. The molecule has 2 rings (SSSR count). The standard InChI is InChI=1S/C7H10N6/c1-5-3-7(10-12(5)2)13-4-6(8)9-11-13/h3-4H,8H2,1-2H3. The minimum Gasteiger partial charge on any atom is -0.381 e. The number of aromatic nitrogens is 5. The van der Waals surface area contributed by atoms with Crippen molar-refractivity contribution in [2.75, 3.05) is 5.73 Å². The Morgan fingerprint density at radius 1 is 1.46 bits per heavy atom. The number of nitrogens with two attached hydrogens (primary N) is 1. The lowest BCUT2D eigenvalue weighted by Crippen LogP contribution is -1.98. The largest absolute Gasteiger partial charge is 0.381 e. The van der Waals surface area contributed by atoms with Gasteiger partial charge in [0.1, 0.15) is 0 Å². The van der Waals surface area contributed by atoms with Crippen LogP contribution in [0.15, 0.2) is 12.3 Å². The summed E-state index contributed by atoms with van der Waals surface area (Å²) in [7, 11) is 1.87. The van der Waals surface area contributed by atoms with Gasteiger partial charge in [-0.3, -0.25) is 4.68 Å². The molecule has 6 nitrogen and oxygen atoms in total. The summed E-state index contributed by atoms with van der Waals surface area (Å²) in [5.41, 5.74) is 6.49. The third-order valence-electron chi connectivity index (χ3n) is 1.85. The molecular weight excluding hydrogens is 168 g/mol. The van der Waals surface area contributed by atoms with Crippen LogP contribution in [0.1, 0.15) is 5.69 Å². The van der Waals surface area contributed by atoms with Crippen LogP contribution in [0.4, 0.5) is 5.82 Å². The zero-order chi connectivity index (χ0) is 9.42. The molecule has 0 aromatic carbocycles. The first-order valence-corrected chi connectivity index (χ1v) is 3.85. The van der Waals surface area contributed by atoms with E-state index < -0.39 is 0 Å². The van der Waals surface area contributed by atoms with E-state index in [0.717, 1.165) is 11.5 Å². The summed E-state index contributed by atoms with van der Waals surface area (Å²) < 4.78 is 3.32. The number of nitrogens with zero attached hydrogens (tertiary/aromatic N) is 5. The highest BCUT2D eigenvalue weighted by molar-refractivity contribution is 5.28. The highest BCUT2D eigenvalue weighted by atomic mass is 15.5. The molecule has 0 unspecified atom stereocenters. The molecule has 0 fully saturated rings. The van der Waals surface area contributed by atoms with Crippen molar-refractivity contribution in [3.8, 4) is 5.82 Å². The summed E-state index contributed by atoms with van der Waals surface area (Å²) in [4.78, 5) is 0. The Bertz CT molecular complexity index is 406. The molecule has 0 aliphatic rings. The van der Waals surface area contributed by atoms with E-state index in [2.05, 4.69) is 15.4 Å². The van der Waals surface area contributed by atoms with Crippen LogP contribution in [-0.2, 0) is 7.05 Å². The molecule has 0 saturated carbocycles. The van der Waals surface area contributed by atoms with Gasteiger partial charge in [0.2, 0.25) is 0 Å². The Labute approximate surface area is 75.0 Å². The Kier molecular flexibility index (Phi) is 1.54. The van der Waals surface area contributed by atoms with E-state index in [1.807, 2.05) is 20.0 Å². The first-order chi connectivity index (χ1) is 6.16. The van der Waals surface area contributed by atoms with E-state index in [9.17, 15) is 0 Å². The van der Waals surface area contributed by atoms with E-state index in [1.54, 1.807) is 15.6 Å². The number of nitrogen functional groups attached to an aromatic ring is 1. The molecule has 68 valence electrons. The molecule has 0 spiro atoms. The van der Waals surface area contributed by atoms with Crippen LogP contribution in [0.3, 0.4) is 0 Å². The van der Waals surface area contributed by atoms with Gasteiger partial charge in [0.05, 0.1) is 6.20 Å². The van der Waals surface area contributed by atoms with Crippen molar-refractivity contribution in [3.63, 3.8) is 0 Å². The first-order valence-electron chi connectivity index (χ1n) is 3.85. The summed E-state index contributed by atoms with van der Waals surface area (Å²) in [5.74, 6) is 1.12. The van der Waals surface area contributed by atoms with Gasteiger partial charge < -0.3 is 5.73 Å². The predicted molar refractivity (Wildman–Crippen MR) is 47.3 cm³/mol. The lowest BCUT2D eigenvalue weighted by atomic mass is 10.5. The molecule has 0 bridgehead atoms. The fraction of sp³-hybridized carbons (Fsp3) is 0.286. The molecule has 6 heteroatoms. The van der Waals surface area contributed by atoms with Gasteiger partial charge in [-0.1, -0.05) is 5.21 Å². The quantitative estimate of drug-likeness (QED) is 0.661. The summed E-state index contributed by atoms with van der Waals surface area (Å²) in [5, 5.41) is 11.7. The molecule has 0 saturated heterocycles. The average molecular weight is 178 g/mol. The monoisotopic (exact) mass is 178 g/mol. The summed E-state index contributed by atoms with van der Waals surface area (Å²) in [6.45, 7) is 1.97. The lowest BCUT2D eigenvalue weighted by Gasteiger charge is -1.90. The molecule has 0 radical (unpaired) electrons. The van der Waals surface area contributed by atoms with Gasteiger partial charge in [0.25, 0.3) is 0 Å². The minimum atomic E-state index is 0.392. The van der Waals surface area contributed by atoms with Crippen molar-refractivity contribution in [3.05, 3.63) is 18.0 Å². The van der Waals surface area contributed by atoms with Gasteiger partial charge in [-0.25, -0.2) is 0 Å². The number of aryl methyl sites for hydroxylation is 2. The van der Waals surface area contributed by atoms with Gasteiger partial charge in [0.15, 0.2) is 11.6 Å². The SMILES string of the molecule is Cc1cc(-n2cc(N)nn2)nn1C. The van der Waals surface area contributed by atoms with Crippen molar-refractivity contribution < 1.29 is 0 Å². The third kappa shape index (κ3) is 1.26. The topological polar surface area (TPSA) is 74.6 Å². The van der Waals surface area contributed by atoms with Gasteiger partial charge in [0, 0.05) is 18.8 Å². The number of anilines is 1. The Hall–Kier alpha value is -1.85. The zero-order valence-electron chi connectivity index (χ0n) is 7.47. The molecule has 2 heterocycles. The average Bonchev–Trinajstić information content (AvgIpc) is 2.61. The zero-order valence-corrected chi connectivity index (χ0v) is 7.47. The molecule has 0 aliphatic heterocycles. The second-order valence-electron chi connectivity index (χ2n) is 2.86. The van der Waals surface area contributed by atoms with Crippen molar-refractivity contribution in [2.45, 2.75) is 6.92 Å². The van der Waals surface area contributed by atoms with Crippen molar-refractivity contribution >= 4 is 5.82 Å². The lowest BCUT2D eigenvalue weighted by molar-refractivity contribution is 0.702. The van der Waals surface area contributed by atoms with Crippen molar-refractivity contribution in [1.82, 2.24) is 24.8 Å². The number of hydrogen-bond donors (Lipinski definition) is 1. The second-order valence-corrected chi connectivity index (χ2v) is 2.86. The highest BCUT2D eigenvalue weighted by Crippen LogP contribution is 2.06. The second kappa shape index (κ2) is 2.58. The molecule has 0 atom stereocenters. The summed E-state index contributed by atoms with van der Waals surface area (Å²) in [6.07, 6.45) is 1.63. The number of hydrogen-bond acceptors (Lipinski definition) is 4. The van der Waals surface area contributed by atoms with Crippen molar-refractivity contribution in [2.24, 2.45) is 7.05 Å². The van der Waals surface area contributed by atoms with Crippen LogP contribution in [0.25, 0.3) is 5.82 Å². The molecule has 2 aromatic rings. The smallest absolute Gasteiger partial charge is 0.177 e. The summed E-state index contributed by atoms with van der Waals surface area (Å²) >= 11 is 0. The Morgan fingerprint density at radius 2 is 2.23 bits per heavy atom. The van der Waals surface area contributed by atoms with E-state index in [1.165, 1.54) is 0 Å². The maximum atomic E-state index is 5.43. The van der Waals surface area contributed by atoms with E-state index >= 15 is 0 Å². The maximum Gasteiger partial charge on any atom is 0.177 e. The predicted octanol–water partition coefficient (Wildman–Crippen LogP) is -0.109. The molecule has 0 aliphatic carbocycles. The summed E-state index contributed by atoms with van der Waals surface area (Å²) in [6, 6.07) is 1.91. The van der Waals surface area contributed by atoms with Crippen LogP contribution in [0.5, 0.6) is 0 Å².